The fraction of sp³-hybridized carbons (Fsp3) is 0.375. The van der Waals surface area contributed by atoms with Crippen LogP contribution in [0.5, 0.6) is 5.75 Å². The Labute approximate surface area is 145 Å². The van der Waals surface area contributed by atoms with Crippen molar-refractivity contribution in [1.29, 1.82) is 0 Å². The number of carbonyl (C=O) groups excluding carboxylic acids is 1. The van der Waals surface area contributed by atoms with Gasteiger partial charge in [0, 0.05) is 0 Å². The zero-order valence-electron chi connectivity index (χ0n) is 13.7. The summed E-state index contributed by atoms with van der Waals surface area (Å²) in [6.45, 7) is 2.75. The minimum Gasteiger partial charge on any atom is -0.481 e. The van der Waals surface area contributed by atoms with Crippen LogP contribution in [0.3, 0.4) is 0 Å². The molecule has 1 amide bonds. The third-order valence-corrected chi connectivity index (χ3v) is 5.48. The number of carbonyl (C=O) groups is 2. The summed E-state index contributed by atoms with van der Waals surface area (Å²) in [7, 11) is -4.16. The molecule has 1 aromatic rings. The maximum Gasteiger partial charge on any atom is 0.324 e. The van der Waals surface area contributed by atoms with Crippen LogP contribution in [0.4, 0.5) is 0 Å². The first kappa shape index (κ1) is 18.8. The second kappa shape index (κ2) is 7.55. The van der Waals surface area contributed by atoms with Gasteiger partial charge in [0.2, 0.25) is 15.9 Å². The first-order valence-electron chi connectivity index (χ1n) is 7.44. The summed E-state index contributed by atoms with van der Waals surface area (Å²) in [5.41, 5.74) is 0. The van der Waals surface area contributed by atoms with Crippen molar-refractivity contribution in [1.82, 2.24) is 9.62 Å². The quantitative estimate of drug-likeness (QED) is 0.712. The zero-order valence-corrected chi connectivity index (χ0v) is 14.5. The van der Waals surface area contributed by atoms with Gasteiger partial charge in [-0.1, -0.05) is 5.92 Å². The van der Waals surface area contributed by atoms with Gasteiger partial charge in [0.05, 0.1) is 17.5 Å². The maximum atomic E-state index is 12.8. The van der Waals surface area contributed by atoms with Crippen molar-refractivity contribution < 1.29 is 27.9 Å². The van der Waals surface area contributed by atoms with Crippen LogP contribution in [0.25, 0.3) is 0 Å². The van der Waals surface area contributed by atoms with Crippen LogP contribution in [0, 0.1) is 11.8 Å². The van der Waals surface area contributed by atoms with Crippen LogP contribution in [-0.4, -0.2) is 54.9 Å². The molecule has 1 aliphatic rings. The molecule has 25 heavy (non-hydrogen) atoms. The molecule has 1 saturated heterocycles. The van der Waals surface area contributed by atoms with Gasteiger partial charge in [-0.25, -0.2) is 8.42 Å². The number of nitrogens with one attached hydrogen (secondary N) is 1. The van der Waals surface area contributed by atoms with Gasteiger partial charge in [-0.05, 0) is 38.1 Å². The lowest BCUT2D eigenvalue weighted by molar-refractivity contribution is -0.144. The fourth-order valence-electron chi connectivity index (χ4n) is 2.47. The Morgan fingerprint density at radius 1 is 1.40 bits per heavy atom. The van der Waals surface area contributed by atoms with E-state index < -0.39 is 40.5 Å². The molecule has 1 fully saturated rings. The summed E-state index contributed by atoms with van der Waals surface area (Å²) >= 11 is 0. The SMILES string of the molecule is CC#CCOc1ccc(S(=O)(=O)N2CC(=O)NC(C)C2C(=O)O)cc1. The van der Waals surface area contributed by atoms with Crippen molar-refractivity contribution in [2.24, 2.45) is 0 Å². The fourth-order valence-corrected chi connectivity index (χ4v) is 4.08. The number of amides is 1. The van der Waals surface area contributed by atoms with Crippen molar-refractivity contribution in [2.75, 3.05) is 13.2 Å². The highest BCUT2D eigenvalue weighted by atomic mass is 32.2. The summed E-state index contributed by atoms with van der Waals surface area (Å²) in [5, 5.41) is 11.8. The average molecular weight is 366 g/mol. The van der Waals surface area contributed by atoms with E-state index in [4.69, 9.17) is 4.74 Å². The zero-order chi connectivity index (χ0) is 18.6. The number of hydrogen-bond donors (Lipinski definition) is 2. The van der Waals surface area contributed by atoms with E-state index in [1.54, 1.807) is 6.92 Å². The Balaban J connectivity index is 2.30. The molecule has 2 unspecified atom stereocenters. The van der Waals surface area contributed by atoms with E-state index in [9.17, 15) is 23.1 Å². The van der Waals surface area contributed by atoms with E-state index >= 15 is 0 Å². The van der Waals surface area contributed by atoms with Gasteiger partial charge >= 0.3 is 5.97 Å². The van der Waals surface area contributed by atoms with Gasteiger partial charge in [-0.15, -0.1) is 5.92 Å². The topological polar surface area (TPSA) is 113 Å². The lowest BCUT2D eigenvalue weighted by atomic mass is 10.1. The molecule has 0 saturated carbocycles. The molecule has 0 aliphatic carbocycles. The predicted octanol–water partition coefficient (Wildman–Crippen LogP) is 0.0509. The normalized spacial score (nSPS) is 21.0. The van der Waals surface area contributed by atoms with Crippen LogP contribution in [0.1, 0.15) is 13.8 Å². The van der Waals surface area contributed by atoms with Crippen molar-refractivity contribution in [3.63, 3.8) is 0 Å². The smallest absolute Gasteiger partial charge is 0.324 e. The number of hydrogen-bond acceptors (Lipinski definition) is 5. The van der Waals surface area contributed by atoms with E-state index in [0.29, 0.717) is 10.1 Å². The number of sulfonamides is 1. The second-order valence-electron chi connectivity index (χ2n) is 5.38. The first-order chi connectivity index (χ1) is 11.8. The lowest BCUT2D eigenvalue weighted by Crippen LogP contribution is -2.63. The molecule has 8 nitrogen and oxygen atoms in total. The molecule has 1 aromatic carbocycles. The molecular formula is C16H18N2O6S. The van der Waals surface area contributed by atoms with Crippen LogP contribution in [-0.2, 0) is 19.6 Å². The van der Waals surface area contributed by atoms with E-state index in [1.165, 1.54) is 31.2 Å². The molecule has 2 N–H and O–H groups in total. The maximum absolute atomic E-state index is 12.8. The summed E-state index contributed by atoms with van der Waals surface area (Å²) in [6.07, 6.45) is 0. The standard InChI is InChI=1S/C16H18N2O6S/c1-3-4-9-24-12-5-7-13(8-6-12)25(22,23)18-10-14(19)17-11(2)15(18)16(20)21/h5-8,11,15H,9-10H2,1-2H3,(H,17,19)(H,20,21). The Morgan fingerprint density at radius 2 is 2.04 bits per heavy atom. The minimum atomic E-state index is -4.16. The van der Waals surface area contributed by atoms with Gasteiger partial charge in [-0.3, -0.25) is 9.59 Å². The molecule has 2 rings (SSSR count). The molecule has 1 heterocycles. The van der Waals surface area contributed by atoms with Crippen LogP contribution >= 0.6 is 0 Å². The van der Waals surface area contributed by atoms with E-state index in [-0.39, 0.29) is 11.5 Å². The van der Waals surface area contributed by atoms with Gasteiger partial charge in [0.25, 0.3) is 0 Å². The Morgan fingerprint density at radius 3 is 2.60 bits per heavy atom. The second-order valence-corrected chi connectivity index (χ2v) is 7.27. The molecule has 0 aromatic heterocycles. The van der Waals surface area contributed by atoms with E-state index in [1.807, 2.05) is 0 Å². The number of rotatable bonds is 5. The summed E-state index contributed by atoms with van der Waals surface area (Å²) < 4.78 is 31.6. The number of nitrogens with zero attached hydrogens (tertiary/aromatic N) is 1. The minimum absolute atomic E-state index is 0.116. The summed E-state index contributed by atoms with van der Waals surface area (Å²) in [4.78, 5) is 23.0. The molecule has 1 aliphatic heterocycles. The predicted molar refractivity (Wildman–Crippen MR) is 88.3 cm³/mol. The van der Waals surface area contributed by atoms with Crippen LogP contribution < -0.4 is 10.1 Å². The number of carboxylic acids is 1. The molecular weight excluding hydrogens is 348 g/mol. The van der Waals surface area contributed by atoms with Crippen LogP contribution in [0.15, 0.2) is 29.2 Å². The van der Waals surface area contributed by atoms with Crippen molar-refractivity contribution >= 4 is 21.9 Å². The van der Waals surface area contributed by atoms with E-state index in [2.05, 4.69) is 17.2 Å². The highest BCUT2D eigenvalue weighted by Crippen LogP contribution is 2.24. The molecule has 2 atom stereocenters. The van der Waals surface area contributed by atoms with Gasteiger partial charge < -0.3 is 15.2 Å². The monoisotopic (exact) mass is 366 g/mol. The lowest BCUT2D eigenvalue weighted by Gasteiger charge is -2.36. The Bertz CT molecular complexity index is 822. The van der Waals surface area contributed by atoms with Crippen LogP contribution in [0.2, 0.25) is 0 Å². The number of ether oxygens (including phenoxy) is 1. The number of carboxylic acid groups (broad SMARTS) is 1. The number of benzene rings is 1. The Kier molecular flexibility index (Phi) is 5.66. The molecule has 134 valence electrons. The largest absolute Gasteiger partial charge is 0.481 e. The molecule has 0 spiro atoms. The first-order valence-corrected chi connectivity index (χ1v) is 8.88. The van der Waals surface area contributed by atoms with E-state index in [0.717, 1.165) is 0 Å². The summed E-state index contributed by atoms with van der Waals surface area (Å²) in [6, 6.07) is 3.29. The van der Waals surface area contributed by atoms with Gasteiger partial charge in [-0.2, -0.15) is 4.31 Å². The average Bonchev–Trinajstić information content (AvgIpc) is 2.54. The highest BCUT2D eigenvalue weighted by Gasteiger charge is 2.44. The third-order valence-electron chi connectivity index (χ3n) is 3.64. The number of aliphatic carboxylic acids is 1. The molecule has 0 radical (unpaired) electrons. The molecule has 0 bridgehead atoms. The Hall–Kier alpha value is -2.57. The van der Waals surface area contributed by atoms with Crippen molar-refractivity contribution in [3.05, 3.63) is 24.3 Å². The molecule has 9 heteroatoms. The van der Waals surface area contributed by atoms with Crippen molar-refractivity contribution in [3.8, 4) is 17.6 Å². The van der Waals surface area contributed by atoms with Gasteiger partial charge in [0.15, 0.2) is 0 Å². The van der Waals surface area contributed by atoms with Crippen molar-refractivity contribution in [2.45, 2.75) is 30.8 Å². The third kappa shape index (κ3) is 4.10. The van der Waals surface area contributed by atoms with Gasteiger partial charge in [0.1, 0.15) is 18.4 Å². The highest BCUT2D eigenvalue weighted by molar-refractivity contribution is 7.89. The number of piperazine rings is 1. The summed E-state index contributed by atoms with van der Waals surface area (Å²) in [5.74, 6) is 3.94.